The Hall–Kier alpha value is -0.520. The summed E-state index contributed by atoms with van der Waals surface area (Å²) >= 11 is 1.48. The Labute approximate surface area is 95.8 Å². The van der Waals surface area contributed by atoms with Crippen LogP contribution in [0.15, 0.2) is 0 Å². The van der Waals surface area contributed by atoms with E-state index in [1.165, 1.54) is 16.4 Å². The van der Waals surface area contributed by atoms with Crippen LogP contribution in [0.1, 0.15) is 24.4 Å². The van der Waals surface area contributed by atoms with Crippen LogP contribution in [0.5, 0.6) is 0 Å². The molecule has 4 nitrogen and oxygen atoms in total. The van der Waals surface area contributed by atoms with Gasteiger partial charge in [0.2, 0.25) is 0 Å². The highest BCUT2D eigenvalue weighted by Crippen LogP contribution is 2.07. The molecule has 0 saturated heterocycles. The molecular weight excluding hydrogens is 208 g/mol. The molecule has 0 aliphatic heterocycles. The van der Waals surface area contributed by atoms with Crippen LogP contribution >= 0.6 is 11.5 Å². The fourth-order valence-electron chi connectivity index (χ4n) is 1.39. The fraction of sp³-hybridized carbons (Fsp3) is 0.800. The minimum atomic E-state index is 0.894. The standard InChI is InChI=1S/C10H20N4S/c1-4-14(5-2)7-6-11-8-10-9(3)12-13-15-10/h11H,4-8H2,1-3H3. The first-order valence-corrected chi connectivity index (χ1v) is 6.26. The second kappa shape index (κ2) is 6.87. The van der Waals surface area contributed by atoms with E-state index in [0.717, 1.165) is 38.4 Å². The Bertz CT molecular complexity index is 270. The molecular formula is C10H20N4S. The van der Waals surface area contributed by atoms with Crippen LogP contribution in [0, 0.1) is 6.92 Å². The van der Waals surface area contributed by atoms with E-state index < -0.39 is 0 Å². The van der Waals surface area contributed by atoms with Gasteiger partial charge in [0, 0.05) is 19.6 Å². The lowest BCUT2D eigenvalue weighted by Crippen LogP contribution is -2.31. The van der Waals surface area contributed by atoms with E-state index in [1.54, 1.807) is 0 Å². The molecule has 0 amide bonds. The van der Waals surface area contributed by atoms with Gasteiger partial charge in [-0.15, -0.1) is 5.10 Å². The topological polar surface area (TPSA) is 41.0 Å². The first-order chi connectivity index (χ1) is 7.27. The predicted molar refractivity (Wildman–Crippen MR) is 64.1 cm³/mol. The summed E-state index contributed by atoms with van der Waals surface area (Å²) in [5, 5.41) is 7.40. The summed E-state index contributed by atoms with van der Waals surface area (Å²) in [6.07, 6.45) is 0. The van der Waals surface area contributed by atoms with Crippen molar-refractivity contribution in [2.24, 2.45) is 0 Å². The van der Waals surface area contributed by atoms with E-state index in [1.807, 2.05) is 6.92 Å². The smallest absolute Gasteiger partial charge is 0.0769 e. The normalized spacial score (nSPS) is 11.2. The van der Waals surface area contributed by atoms with Crippen LogP contribution in [0.3, 0.4) is 0 Å². The summed E-state index contributed by atoms with van der Waals surface area (Å²) in [5.41, 5.74) is 1.05. The van der Waals surface area contributed by atoms with Gasteiger partial charge in [0.15, 0.2) is 0 Å². The zero-order chi connectivity index (χ0) is 11.1. The Morgan fingerprint density at radius 2 is 2.07 bits per heavy atom. The third-order valence-corrected chi connectivity index (χ3v) is 3.35. The summed E-state index contributed by atoms with van der Waals surface area (Å²) in [4.78, 5) is 3.65. The summed E-state index contributed by atoms with van der Waals surface area (Å²) in [6, 6.07) is 0. The molecule has 0 aliphatic rings. The van der Waals surface area contributed by atoms with Gasteiger partial charge in [0.05, 0.1) is 10.6 Å². The van der Waals surface area contributed by atoms with E-state index in [2.05, 4.69) is 33.7 Å². The molecule has 0 bridgehead atoms. The Morgan fingerprint density at radius 3 is 2.60 bits per heavy atom. The Kier molecular flexibility index (Phi) is 5.75. The molecule has 1 heterocycles. The number of hydrogen-bond donors (Lipinski definition) is 1. The molecule has 0 spiro atoms. The molecule has 0 aromatic carbocycles. The number of aromatic nitrogens is 2. The first-order valence-electron chi connectivity index (χ1n) is 5.48. The molecule has 5 heteroatoms. The van der Waals surface area contributed by atoms with E-state index in [4.69, 9.17) is 0 Å². The van der Waals surface area contributed by atoms with Gasteiger partial charge in [-0.1, -0.05) is 18.3 Å². The lowest BCUT2D eigenvalue weighted by molar-refractivity contribution is 0.302. The minimum Gasteiger partial charge on any atom is -0.310 e. The van der Waals surface area contributed by atoms with Gasteiger partial charge in [0.25, 0.3) is 0 Å². The summed E-state index contributed by atoms with van der Waals surface area (Å²) in [6.45, 7) is 11.7. The Balaban J connectivity index is 2.14. The first kappa shape index (κ1) is 12.5. The van der Waals surface area contributed by atoms with E-state index in [0.29, 0.717) is 0 Å². The molecule has 0 fully saturated rings. The van der Waals surface area contributed by atoms with Gasteiger partial charge in [-0.3, -0.25) is 0 Å². The van der Waals surface area contributed by atoms with Gasteiger partial charge in [-0.05, 0) is 31.5 Å². The van der Waals surface area contributed by atoms with Crippen LogP contribution in [-0.4, -0.2) is 40.7 Å². The molecule has 0 atom stereocenters. The zero-order valence-electron chi connectivity index (χ0n) is 9.79. The van der Waals surface area contributed by atoms with Crippen molar-refractivity contribution < 1.29 is 0 Å². The van der Waals surface area contributed by atoms with Crippen molar-refractivity contribution in [2.45, 2.75) is 27.3 Å². The van der Waals surface area contributed by atoms with Crippen LogP contribution in [0.2, 0.25) is 0 Å². The molecule has 15 heavy (non-hydrogen) atoms. The fourth-order valence-corrected chi connectivity index (χ4v) is 1.99. The summed E-state index contributed by atoms with van der Waals surface area (Å²) < 4.78 is 3.91. The van der Waals surface area contributed by atoms with E-state index >= 15 is 0 Å². The highest BCUT2D eigenvalue weighted by atomic mass is 32.1. The largest absolute Gasteiger partial charge is 0.310 e. The van der Waals surface area contributed by atoms with Gasteiger partial charge in [-0.25, -0.2) is 0 Å². The molecule has 0 saturated carbocycles. The lowest BCUT2D eigenvalue weighted by atomic mass is 10.4. The monoisotopic (exact) mass is 228 g/mol. The molecule has 0 aliphatic carbocycles. The molecule has 1 aromatic rings. The third-order valence-electron chi connectivity index (χ3n) is 2.53. The minimum absolute atomic E-state index is 0.894. The summed E-state index contributed by atoms with van der Waals surface area (Å²) in [5.74, 6) is 0. The van der Waals surface area contributed by atoms with Crippen LogP contribution < -0.4 is 5.32 Å². The van der Waals surface area contributed by atoms with E-state index in [-0.39, 0.29) is 0 Å². The second-order valence-corrected chi connectivity index (χ2v) is 4.32. The average Bonchev–Trinajstić information content (AvgIpc) is 2.65. The quantitative estimate of drug-likeness (QED) is 0.714. The second-order valence-electron chi connectivity index (χ2n) is 3.49. The number of hydrogen-bond acceptors (Lipinski definition) is 5. The number of likely N-dealkylation sites (N-methyl/N-ethyl adjacent to an activating group) is 1. The molecule has 1 aromatic heterocycles. The molecule has 1 rings (SSSR count). The van der Waals surface area contributed by atoms with Crippen molar-refractivity contribution in [3.05, 3.63) is 10.6 Å². The van der Waals surface area contributed by atoms with Crippen LogP contribution in [-0.2, 0) is 6.54 Å². The SMILES string of the molecule is CCN(CC)CCNCc1snnc1C. The average molecular weight is 228 g/mol. The number of rotatable bonds is 7. The lowest BCUT2D eigenvalue weighted by Gasteiger charge is -2.17. The summed E-state index contributed by atoms with van der Waals surface area (Å²) in [7, 11) is 0. The van der Waals surface area contributed by atoms with Gasteiger partial charge >= 0.3 is 0 Å². The number of nitrogens with one attached hydrogen (secondary N) is 1. The van der Waals surface area contributed by atoms with E-state index in [9.17, 15) is 0 Å². The number of nitrogens with zero attached hydrogens (tertiary/aromatic N) is 3. The highest BCUT2D eigenvalue weighted by Gasteiger charge is 2.02. The van der Waals surface area contributed by atoms with Crippen LogP contribution in [0.4, 0.5) is 0 Å². The van der Waals surface area contributed by atoms with Gasteiger partial charge in [0.1, 0.15) is 0 Å². The van der Waals surface area contributed by atoms with Crippen LogP contribution in [0.25, 0.3) is 0 Å². The third kappa shape index (κ3) is 4.24. The van der Waals surface area contributed by atoms with Gasteiger partial charge in [-0.2, -0.15) is 0 Å². The molecule has 0 unspecified atom stereocenters. The van der Waals surface area contributed by atoms with Crippen molar-refractivity contribution >= 4 is 11.5 Å². The molecule has 1 N–H and O–H groups in total. The van der Waals surface area contributed by atoms with Crippen molar-refractivity contribution in [3.63, 3.8) is 0 Å². The maximum atomic E-state index is 3.98. The van der Waals surface area contributed by atoms with Crippen molar-refractivity contribution in [2.75, 3.05) is 26.2 Å². The zero-order valence-corrected chi connectivity index (χ0v) is 10.6. The van der Waals surface area contributed by atoms with Crippen molar-refractivity contribution in [3.8, 4) is 0 Å². The predicted octanol–water partition coefficient (Wildman–Crippen LogP) is 1.28. The molecule has 0 radical (unpaired) electrons. The maximum Gasteiger partial charge on any atom is 0.0769 e. The van der Waals surface area contributed by atoms with Gasteiger partial charge < -0.3 is 10.2 Å². The van der Waals surface area contributed by atoms with Crippen molar-refractivity contribution in [1.29, 1.82) is 0 Å². The number of aryl methyl sites for hydroxylation is 1. The molecule has 86 valence electrons. The Morgan fingerprint density at radius 1 is 1.33 bits per heavy atom. The van der Waals surface area contributed by atoms with Crippen molar-refractivity contribution in [1.82, 2.24) is 19.8 Å². The maximum absolute atomic E-state index is 3.98. The highest BCUT2D eigenvalue weighted by molar-refractivity contribution is 7.05.